The summed E-state index contributed by atoms with van der Waals surface area (Å²) in [5.41, 5.74) is 10.5. The minimum Gasteiger partial charge on any atom is -0.496 e. The van der Waals surface area contributed by atoms with Crippen LogP contribution in [-0.2, 0) is 50.0 Å². The molecule has 4 heterocycles. The van der Waals surface area contributed by atoms with E-state index in [0.29, 0.717) is 78.1 Å². The van der Waals surface area contributed by atoms with Gasteiger partial charge in [-0.3, -0.25) is 14.5 Å². The van der Waals surface area contributed by atoms with Gasteiger partial charge in [0.05, 0.1) is 84.5 Å². The highest BCUT2D eigenvalue weighted by molar-refractivity contribution is 5.87. The number of carboxylic acids is 1. The molecule has 334 valence electrons. The fraction of sp³-hybridized carbons (Fsp3) is 0.585. The molecule has 4 aromatic rings. The van der Waals surface area contributed by atoms with E-state index in [-0.39, 0.29) is 30.9 Å². The maximum Gasteiger partial charge on any atom is 0.317 e. The van der Waals surface area contributed by atoms with Gasteiger partial charge in [-0.05, 0) is 24.1 Å². The number of urea groups is 1. The number of hydrogen-bond donors (Lipinski definition) is 5. The monoisotopic (exact) mass is 850 g/mol. The summed E-state index contributed by atoms with van der Waals surface area (Å²) in [4.78, 5) is 48.7. The van der Waals surface area contributed by atoms with Crippen molar-refractivity contribution in [3.8, 4) is 5.75 Å². The SMILES string of the molecule is CCCCCNc1nc(N)nc2ccn(Cc3ccc(CN4CCN(C(=O)NCCOCCOCCOCCn5cc(CNC(=O)[C@@H](C)CC(=O)O)nn5)CC4)cc3OC)c12. The van der Waals surface area contributed by atoms with Crippen LogP contribution in [0, 0.1) is 5.92 Å². The van der Waals surface area contributed by atoms with E-state index in [9.17, 15) is 14.4 Å². The number of aliphatic carboxylic acids is 1. The number of aromatic nitrogens is 6. The third kappa shape index (κ3) is 15.1. The highest BCUT2D eigenvalue weighted by Crippen LogP contribution is 2.27. The van der Waals surface area contributed by atoms with Crippen molar-refractivity contribution in [1.29, 1.82) is 0 Å². The van der Waals surface area contributed by atoms with Crippen molar-refractivity contribution in [2.24, 2.45) is 5.92 Å². The number of carboxylic acid groups (broad SMARTS) is 1. The molecule has 1 saturated heterocycles. The molecule has 0 aliphatic carbocycles. The van der Waals surface area contributed by atoms with E-state index in [0.717, 1.165) is 79.2 Å². The van der Waals surface area contributed by atoms with Gasteiger partial charge >= 0.3 is 12.0 Å². The lowest BCUT2D eigenvalue weighted by molar-refractivity contribution is -0.140. The lowest BCUT2D eigenvalue weighted by Gasteiger charge is -2.34. The molecule has 1 aliphatic heterocycles. The van der Waals surface area contributed by atoms with E-state index in [1.54, 1.807) is 24.9 Å². The Balaban J connectivity index is 0.900. The molecule has 0 saturated carbocycles. The molecule has 6 N–H and O–H groups in total. The number of benzene rings is 1. The van der Waals surface area contributed by atoms with Crippen LogP contribution in [0.1, 0.15) is 56.4 Å². The predicted octanol–water partition coefficient (Wildman–Crippen LogP) is 2.57. The Morgan fingerprint density at radius 1 is 0.918 bits per heavy atom. The standard InChI is InChI=1S/C41H62N12O8/c1-4-5-6-10-43-38-37-34(46-40(42)47-38)9-12-52(37)28-32-8-7-31(25-35(32)58-3)27-50-13-15-51(16-14-50)41(57)44-11-18-59-20-22-61-23-21-60-19-17-53-29-33(48-49-53)26-45-39(56)30(2)24-36(54)55/h7-9,12,25,29-30H,4-6,10-11,13-24,26-28H2,1-3H3,(H,44,57)(H,45,56)(H,54,55)(H3,42,43,46,47)/t30-/m0/s1. The number of anilines is 2. The number of amides is 3. The average molecular weight is 851 g/mol. The summed E-state index contributed by atoms with van der Waals surface area (Å²) in [6.45, 7) is 12.2. The van der Waals surface area contributed by atoms with Crippen LogP contribution < -0.4 is 26.4 Å². The van der Waals surface area contributed by atoms with Crippen molar-refractivity contribution in [3.63, 3.8) is 0 Å². The zero-order valence-corrected chi connectivity index (χ0v) is 35.6. The quantitative estimate of drug-likeness (QED) is 0.0542. The molecule has 20 nitrogen and oxygen atoms in total. The van der Waals surface area contributed by atoms with Crippen molar-refractivity contribution < 1.29 is 38.4 Å². The summed E-state index contributed by atoms with van der Waals surface area (Å²) in [7, 11) is 1.70. The number of nitrogens with two attached hydrogens (primary N) is 1. The molecule has 20 heteroatoms. The number of carbonyl (C=O) groups is 3. The smallest absolute Gasteiger partial charge is 0.317 e. The maximum atomic E-state index is 12.8. The maximum absolute atomic E-state index is 12.8. The number of nitrogens with zero attached hydrogens (tertiary/aromatic N) is 8. The number of piperazine rings is 1. The van der Waals surface area contributed by atoms with Gasteiger partial charge in [-0.15, -0.1) is 5.10 Å². The molecule has 0 bridgehead atoms. The Kier molecular flexibility index (Phi) is 18.8. The number of rotatable bonds is 27. The molecule has 1 fully saturated rings. The van der Waals surface area contributed by atoms with Crippen LogP contribution >= 0.6 is 0 Å². The molecule has 5 rings (SSSR count). The molecule has 0 unspecified atom stereocenters. The third-order valence-electron chi connectivity index (χ3n) is 10.1. The first-order valence-electron chi connectivity index (χ1n) is 21.0. The van der Waals surface area contributed by atoms with Gasteiger partial charge in [0, 0.05) is 63.5 Å². The third-order valence-corrected chi connectivity index (χ3v) is 10.1. The van der Waals surface area contributed by atoms with Gasteiger partial charge < -0.3 is 55.2 Å². The first-order valence-corrected chi connectivity index (χ1v) is 21.0. The molecular weight excluding hydrogens is 789 g/mol. The average Bonchev–Trinajstić information content (AvgIpc) is 3.88. The molecule has 0 radical (unpaired) electrons. The molecule has 1 aliphatic rings. The molecule has 61 heavy (non-hydrogen) atoms. The van der Waals surface area contributed by atoms with E-state index in [1.807, 2.05) is 17.2 Å². The highest BCUT2D eigenvalue weighted by Gasteiger charge is 2.22. The summed E-state index contributed by atoms with van der Waals surface area (Å²) < 4.78 is 26.4. The normalized spacial score (nSPS) is 13.7. The molecule has 1 aromatic carbocycles. The van der Waals surface area contributed by atoms with Gasteiger partial charge in [-0.25, -0.2) is 14.5 Å². The summed E-state index contributed by atoms with van der Waals surface area (Å²) in [6, 6.07) is 8.22. The lowest BCUT2D eigenvalue weighted by Crippen LogP contribution is -2.51. The van der Waals surface area contributed by atoms with Crippen LogP contribution in [-0.4, -0.2) is 148 Å². The van der Waals surface area contributed by atoms with Gasteiger partial charge in [0.2, 0.25) is 11.9 Å². The van der Waals surface area contributed by atoms with Gasteiger partial charge in [0.15, 0.2) is 5.82 Å². The minimum atomic E-state index is -1.02. The van der Waals surface area contributed by atoms with E-state index < -0.39 is 11.9 Å². The Bertz CT molecular complexity index is 1980. The number of ether oxygens (including phenoxy) is 4. The first-order chi connectivity index (χ1) is 29.6. The van der Waals surface area contributed by atoms with Crippen LogP contribution in [0.2, 0.25) is 0 Å². The second-order valence-corrected chi connectivity index (χ2v) is 14.9. The molecule has 3 aromatic heterocycles. The summed E-state index contributed by atoms with van der Waals surface area (Å²) in [5.74, 6) is -0.186. The van der Waals surface area contributed by atoms with Crippen LogP contribution in [0.3, 0.4) is 0 Å². The Morgan fingerprint density at radius 3 is 2.41 bits per heavy atom. The van der Waals surface area contributed by atoms with Crippen LogP contribution in [0.25, 0.3) is 11.0 Å². The van der Waals surface area contributed by atoms with Crippen molar-refractivity contribution >= 4 is 40.7 Å². The summed E-state index contributed by atoms with van der Waals surface area (Å²) >= 11 is 0. The van der Waals surface area contributed by atoms with Crippen LogP contribution in [0.5, 0.6) is 5.75 Å². The zero-order chi connectivity index (χ0) is 43.4. The van der Waals surface area contributed by atoms with Gasteiger partial charge in [-0.1, -0.05) is 44.0 Å². The number of nitrogens with one attached hydrogen (secondary N) is 3. The number of fused-ring (bicyclic) bond motifs is 1. The number of nitrogen functional groups attached to an aromatic ring is 1. The first kappa shape index (κ1) is 46.5. The Morgan fingerprint density at radius 2 is 1.67 bits per heavy atom. The van der Waals surface area contributed by atoms with Crippen molar-refractivity contribution in [1.82, 2.24) is 50.0 Å². The Labute approximate surface area is 356 Å². The number of carbonyl (C=O) groups excluding carboxylic acids is 2. The second-order valence-electron chi connectivity index (χ2n) is 14.9. The van der Waals surface area contributed by atoms with E-state index in [1.165, 1.54) is 0 Å². The van der Waals surface area contributed by atoms with Gasteiger partial charge in [-0.2, -0.15) is 4.98 Å². The van der Waals surface area contributed by atoms with E-state index in [4.69, 9.17) is 29.8 Å². The number of methoxy groups -OCH3 is 1. The number of hydrogen-bond acceptors (Lipinski definition) is 14. The Hall–Kier alpha value is -5.57. The van der Waals surface area contributed by atoms with Crippen molar-refractivity contribution in [3.05, 3.63) is 53.5 Å². The fourth-order valence-electron chi connectivity index (χ4n) is 6.81. The summed E-state index contributed by atoms with van der Waals surface area (Å²) in [6.07, 6.45) is 6.83. The molecular formula is C41H62N12O8. The highest BCUT2D eigenvalue weighted by atomic mass is 16.5. The molecule has 1 atom stereocenters. The summed E-state index contributed by atoms with van der Waals surface area (Å²) in [5, 5.41) is 25.9. The van der Waals surface area contributed by atoms with Crippen LogP contribution in [0.4, 0.5) is 16.6 Å². The van der Waals surface area contributed by atoms with E-state index >= 15 is 0 Å². The lowest BCUT2D eigenvalue weighted by atomic mass is 10.1. The van der Waals surface area contributed by atoms with Crippen molar-refractivity contribution in [2.45, 2.75) is 65.7 Å². The van der Waals surface area contributed by atoms with Crippen molar-refractivity contribution in [2.75, 3.05) is 97.1 Å². The van der Waals surface area contributed by atoms with Gasteiger partial charge in [0.25, 0.3) is 0 Å². The molecule has 0 spiro atoms. The topological polar surface area (TPSA) is 238 Å². The minimum absolute atomic E-state index is 0.0934. The largest absolute Gasteiger partial charge is 0.496 e. The van der Waals surface area contributed by atoms with E-state index in [2.05, 4.69) is 70.8 Å². The zero-order valence-electron chi connectivity index (χ0n) is 35.6. The number of unbranched alkanes of at least 4 members (excludes halogenated alkanes) is 2. The second kappa shape index (κ2) is 24.6. The van der Waals surface area contributed by atoms with Gasteiger partial charge in [0.1, 0.15) is 17.0 Å². The predicted molar refractivity (Wildman–Crippen MR) is 228 cm³/mol. The molecule has 3 amide bonds. The van der Waals surface area contributed by atoms with Crippen LogP contribution in [0.15, 0.2) is 36.7 Å². The fourth-order valence-corrected chi connectivity index (χ4v) is 6.81.